The van der Waals surface area contributed by atoms with Crippen LogP contribution >= 0.6 is 11.3 Å². The van der Waals surface area contributed by atoms with E-state index in [2.05, 4.69) is 10.3 Å². The molecule has 1 atom stereocenters. The number of hydrogen-bond acceptors (Lipinski definition) is 6. The van der Waals surface area contributed by atoms with Crippen molar-refractivity contribution >= 4 is 38.9 Å². The minimum Gasteiger partial charge on any atom is -0.480 e. The number of rotatable bonds is 5. The van der Waals surface area contributed by atoms with Crippen molar-refractivity contribution in [3.8, 4) is 0 Å². The number of aromatic nitrogens is 1. The molecule has 1 aromatic carbocycles. The number of nitro benzene ring substituents is 1. The van der Waals surface area contributed by atoms with E-state index in [1.807, 2.05) is 0 Å². The van der Waals surface area contributed by atoms with E-state index in [1.165, 1.54) is 29.8 Å². The van der Waals surface area contributed by atoms with Crippen LogP contribution in [0.2, 0.25) is 0 Å². The lowest BCUT2D eigenvalue weighted by molar-refractivity contribution is -0.382. The Morgan fingerprint density at radius 1 is 1.60 bits per heavy atom. The maximum Gasteiger partial charge on any atom is 0.329 e. The van der Waals surface area contributed by atoms with E-state index >= 15 is 0 Å². The van der Waals surface area contributed by atoms with Crippen molar-refractivity contribution < 1.29 is 14.8 Å². The van der Waals surface area contributed by atoms with E-state index in [-0.39, 0.29) is 23.3 Å². The average Bonchev–Trinajstić information content (AvgIpc) is 2.85. The first kappa shape index (κ1) is 14.2. The van der Waals surface area contributed by atoms with E-state index in [4.69, 9.17) is 0 Å². The predicted octanol–water partition coefficient (Wildman–Crippen LogP) is 2.87. The molecule has 2 rings (SSSR count). The summed E-state index contributed by atoms with van der Waals surface area (Å²) in [7, 11) is 0. The third-order valence-corrected chi connectivity index (χ3v) is 4.04. The molecule has 0 spiro atoms. The molecular weight excluding hydrogens is 282 g/mol. The van der Waals surface area contributed by atoms with Gasteiger partial charge in [-0.15, -0.1) is 11.3 Å². The van der Waals surface area contributed by atoms with Gasteiger partial charge in [0.15, 0.2) is 5.52 Å². The highest BCUT2D eigenvalue weighted by Gasteiger charge is 2.34. The van der Waals surface area contributed by atoms with Gasteiger partial charge in [-0.25, -0.2) is 9.78 Å². The summed E-state index contributed by atoms with van der Waals surface area (Å²) in [5.41, 5.74) is 0.505. The van der Waals surface area contributed by atoms with Gasteiger partial charge in [0.2, 0.25) is 0 Å². The molecule has 1 unspecified atom stereocenters. The molecule has 106 valence electrons. The number of nitrogens with zero attached hydrogens (tertiary/aromatic N) is 2. The van der Waals surface area contributed by atoms with Crippen LogP contribution in [-0.4, -0.2) is 26.5 Å². The van der Waals surface area contributed by atoms with Crippen LogP contribution in [-0.2, 0) is 4.79 Å². The van der Waals surface area contributed by atoms with E-state index in [9.17, 15) is 20.0 Å². The van der Waals surface area contributed by atoms with Gasteiger partial charge in [0, 0.05) is 0 Å². The second-order valence-corrected chi connectivity index (χ2v) is 5.42. The Bertz CT molecular complexity index is 684. The van der Waals surface area contributed by atoms with E-state index in [0.717, 1.165) is 0 Å². The first-order chi connectivity index (χ1) is 9.39. The fraction of sp³-hybridized carbons (Fsp3) is 0.333. The van der Waals surface area contributed by atoms with Gasteiger partial charge in [-0.1, -0.05) is 6.92 Å². The van der Waals surface area contributed by atoms with E-state index in [1.54, 1.807) is 13.0 Å². The molecule has 0 amide bonds. The number of thiazole rings is 1. The molecule has 8 heteroatoms. The summed E-state index contributed by atoms with van der Waals surface area (Å²) in [6, 6.07) is 3.22. The lowest BCUT2D eigenvalue weighted by Crippen LogP contribution is -2.42. The van der Waals surface area contributed by atoms with Gasteiger partial charge in [-0.3, -0.25) is 10.1 Å². The first-order valence-corrected chi connectivity index (χ1v) is 6.79. The van der Waals surface area contributed by atoms with Crippen LogP contribution in [0.1, 0.15) is 20.3 Å². The van der Waals surface area contributed by atoms with Crippen molar-refractivity contribution in [2.75, 3.05) is 5.32 Å². The van der Waals surface area contributed by atoms with Crippen molar-refractivity contribution in [3.05, 3.63) is 27.8 Å². The van der Waals surface area contributed by atoms with Gasteiger partial charge in [-0.2, -0.15) is 0 Å². The molecule has 0 aliphatic carbocycles. The SMILES string of the molecule is CCC(C)(Nc1ccc2scnc2c1[N+](=O)[O-])C(=O)O. The molecule has 2 aromatic rings. The summed E-state index contributed by atoms with van der Waals surface area (Å²) in [6.45, 7) is 3.19. The first-order valence-electron chi connectivity index (χ1n) is 5.91. The fourth-order valence-corrected chi connectivity index (χ4v) is 2.47. The summed E-state index contributed by atoms with van der Waals surface area (Å²) in [5.74, 6) is -1.06. The number of nitrogens with one attached hydrogen (secondary N) is 1. The number of carboxylic acids is 1. The lowest BCUT2D eigenvalue weighted by atomic mass is 9.98. The highest BCUT2D eigenvalue weighted by atomic mass is 32.1. The Morgan fingerprint density at radius 2 is 2.30 bits per heavy atom. The normalized spacial score (nSPS) is 13.9. The average molecular weight is 295 g/mol. The minimum atomic E-state index is -1.27. The number of hydrogen-bond donors (Lipinski definition) is 2. The summed E-state index contributed by atoms with van der Waals surface area (Å²) in [5, 5.41) is 23.3. The third-order valence-electron chi connectivity index (χ3n) is 3.25. The summed E-state index contributed by atoms with van der Waals surface area (Å²) in [4.78, 5) is 26.0. The molecule has 0 radical (unpaired) electrons. The van der Waals surface area contributed by atoms with Crippen LogP contribution in [0.5, 0.6) is 0 Å². The number of carboxylic acid groups (broad SMARTS) is 1. The Labute approximate surface area is 118 Å². The number of nitro groups is 1. The van der Waals surface area contributed by atoms with Crippen LogP contribution in [0.4, 0.5) is 11.4 Å². The van der Waals surface area contributed by atoms with Crippen LogP contribution in [0, 0.1) is 10.1 Å². The van der Waals surface area contributed by atoms with Crippen molar-refractivity contribution in [2.45, 2.75) is 25.8 Å². The van der Waals surface area contributed by atoms with Gasteiger partial charge in [0.25, 0.3) is 0 Å². The molecule has 0 aliphatic rings. The number of carbonyl (C=O) groups is 1. The fourth-order valence-electron chi connectivity index (χ4n) is 1.79. The number of benzene rings is 1. The molecule has 0 aliphatic heterocycles. The van der Waals surface area contributed by atoms with Gasteiger partial charge >= 0.3 is 11.7 Å². The van der Waals surface area contributed by atoms with Gasteiger partial charge in [-0.05, 0) is 25.5 Å². The van der Waals surface area contributed by atoms with Crippen LogP contribution < -0.4 is 5.32 Å². The molecular formula is C12H13N3O4S. The summed E-state index contributed by atoms with van der Waals surface area (Å²) >= 11 is 1.30. The lowest BCUT2D eigenvalue weighted by Gasteiger charge is -2.25. The number of fused-ring (bicyclic) bond motifs is 1. The van der Waals surface area contributed by atoms with Crippen molar-refractivity contribution in [1.29, 1.82) is 0 Å². The van der Waals surface area contributed by atoms with Crippen LogP contribution in [0.3, 0.4) is 0 Å². The maximum atomic E-state index is 11.3. The maximum absolute atomic E-state index is 11.3. The second-order valence-electron chi connectivity index (χ2n) is 4.53. The predicted molar refractivity (Wildman–Crippen MR) is 76.2 cm³/mol. The van der Waals surface area contributed by atoms with Gasteiger partial charge in [0.05, 0.1) is 15.1 Å². The molecule has 2 N–H and O–H groups in total. The monoisotopic (exact) mass is 295 g/mol. The quantitative estimate of drug-likeness (QED) is 0.649. The standard InChI is InChI=1S/C12H13N3O4S/c1-3-12(2,11(16)17)14-7-4-5-8-9(13-6-20-8)10(7)15(18)19/h4-6,14H,3H2,1-2H3,(H,16,17). The molecule has 0 saturated carbocycles. The van der Waals surface area contributed by atoms with Crippen LogP contribution in [0.15, 0.2) is 17.6 Å². The van der Waals surface area contributed by atoms with Crippen molar-refractivity contribution in [1.82, 2.24) is 4.98 Å². The Morgan fingerprint density at radius 3 is 2.85 bits per heavy atom. The molecule has 1 heterocycles. The van der Waals surface area contributed by atoms with E-state index in [0.29, 0.717) is 4.70 Å². The smallest absolute Gasteiger partial charge is 0.329 e. The van der Waals surface area contributed by atoms with Crippen molar-refractivity contribution in [2.24, 2.45) is 0 Å². The molecule has 20 heavy (non-hydrogen) atoms. The number of anilines is 1. The van der Waals surface area contributed by atoms with Gasteiger partial charge < -0.3 is 10.4 Å². The zero-order chi connectivity index (χ0) is 14.9. The topological polar surface area (TPSA) is 105 Å². The van der Waals surface area contributed by atoms with Crippen LogP contribution in [0.25, 0.3) is 10.2 Å². The van der Waals surface area contributed by atoms with Gasteiger partial charge in [0.1, 0.15) is 11.2 Å². The molecule has 0 saturated heterocycles. The van der Waals surface area contributed by atoms with Crippen molar-refractivity contribution in [3.63, 3.8) is 0 Å². The zero-order valence-electron chi connectivity index (χ0n) is 10.9. The molecule has 0 bridgehead atoms. The summed E-state index contributed by atoms with van der Waals surface area (Å²) < 4.78 is 0.691. The van der Waals surface area contributed by atoms with E-state index < -0.39 is 16.4 Å². The third kappa shape index (κ3) is 2.29. The zero-order valence-corrected chi connectivity index (χ0v) is 11.7. The molecule has 1 aromatic heterocycles. The second kappa shape index (κ2) is 5.04. The number of aliphatic carboxylic acids is 1. The highest BCUT2D eigenvalue weighted by Crippen LogP contribution is 2.36. The minimum absolute atomic E-state index is 0.167. The highest BCUT2D eigenvalue weighted by molar-refractivity contribution is 7.16. The Hall–Kier alpha value is -2.22. The Balaban J connectivity index is 2.57. The largest absolute Gasteiger partial charge is 0.480 e. The summed E-state index contributed by atoms with van der Waals surface area (Å²) in [6.07, 6.45) is 0.286. The Kier molecular flexibility index (Phi) is 3.58. The molecule has 0 fully saturated rings. The molecule has 7 nitrogen and oxygen atoms in total.